The maximum atomic E-state index is 12.7. The monoisotopic (exact) mass is 356 g/mol. The van der Waals surface area contributed by atoms with Gasteiger partial charge in [-0.25, -0.2) is 4.98 Å². The average Bonchev–Trinajstić information content (AvgIpc) is 3.12. The van der Waals surface area contributed by atoms with Crippen LogP contribution in [0.2, 0.25) is 0 Å². The van der Waals surface area contributed by atoms with E-state index >= 15 is 0 Å². The molecule has 0 saturated heterocycles. The Balaban J connectivity index is 1.60. The Labute approximate surface area is 157 Å². The summed E-state index contributed by atoms with van der Waals surface area (Å²) < 4.78 is 1.70. The van der Waals surface area contributed by atoms with Gasteiger partial charge in [-0.3, -0.25) is 4.79 Å². The Morgan fingerprint density at radius 3 is 2.67 bits per heavy atom. The van der Waals surface area contributed by atoms with Crippen LogP contribution in [-0.2, 0) is 6.42 Å². The van der Waals surface area contributed by atoms with Crippen molar-refractivity contribution >= 4 is 16.9 Å². The molecule has 0 amide bonds. The van der Waals surface area contributed by atoms with E-state index in [0.717, 1.165) is 23.2 Å². The van der Waals surface area contributed by atoms with Crippen LogP contribution < -0.4 is 0 Å². The molecule has 0 N–H and O–H groups in total. The molecule has 27 heavy (non-hydrogen) atoms. The Morgan fingerprint density at radius 2 is 1.85 bits per heavy atom. The molecular weight excluding hydrogens is 336 g/mol. The maximum absolute atomic E-state index is 12.7. The minimum atomic E-state index is 0.120. The van der Waals surface area contributed by atoms with E-state index < -0.39 is 0 Å². The maximum Gasteiger partial charge on any atom is 0.183 e. The van der Waals surface area contributed by atoms with Gasteiger partial charge in [0.1, 0.15) is 5.52 Å². The van der Waals surface area contributed by atoms with Gasteiger partial charge >= 0.3 is 0 Å². The zero-order valence-corrected chi connectivity index (χ0v) is 15.4. The van der Waals surface area contributed by atoms with Gasteiger partial charge in [-0.2, -0.15) is 4.68 Å². The summed E-state index contributed by atoms with van der Waals surface area (Å²) in [6.07, 6.45) is 2.92. The molecule has 4 aromatic rings. The van der Waals surface area contributed by atoms with Crippen molar-refractivity contribution in [1.82, 2.24) is 20.0 Å². The minimum Gasteiger partial charge on any atom is -0.294 e. The van der Waals surface area contributed by atoms with Crippen molar-refractivity contribution in [1.29, 1.82) is 0 Å². The molecule has 2 aromatic carbocycles. The summed E-state index contributed by atoms with van der Waals surface area (Å²) in [5.74, 6) is 0.120. The van der Waals surface area contributed by atoms with E-state index in [9.17, 15) is 4.79 Å². The Bertz CT molecular complexity index is 1110. The number of nitrogens with zero attached hydrogens (tertiary/aromatic N) is 4. The fourth-order valence-electron chi connectivity index (χ4n) is 3.10. The Kier molecular flexibility index (Phi) is 4.50. The molecule has 2 aromatic heterocycles. The number of pyridine rings is 1. The Hall–Kier alpha value is -3.34. The van der Waals surface area contributed by atoms with Gasteiger partial charge in [-0.15, -0.1) is 5.10 Å². The number of carbonyl (C=O) groups is 1. The first-order valence-electron chi connectivity index (χ1n) is 8.98. The molecule has 2 heterocycles. The Morgan fingerprint density at radius 1 is 1.04 bits per heavy atom. The number of benzene rings is 2. The summed E-state index contributed by atoms with van der Waals surface area (Å²) in [6.45, 7) is 4.05. The normalized spacial score (nSPS) is 11.0. The molecule has 0 aliphatic heterocycles. The van der Waals surface area contributed by atoms with Crippen LogP contribution in [0.25, 0.3) is 16.9 Å². The second-order valence-corrected chi connectivity index (χ2v) is 6.76. The van der Waals surface area contributed by atoms with Gasteiger partial charge in [-0.1, -0.05) is 47.2 Å². The van der Waals surface area contributed by atoms with Crippen molar-refractivity contribution in [3.05, 3.63) is 83.0 Å². The summed E-state index contributed by atoms with van der Waals surface area (Å²) in [5, 5.41) is 8.38. The number of Topliss-reactive ketones (excluding diaryl/α,β-unsaturated/α-hetero) is 1. The first-order valence-corrected chi connectivity index (χ1v) is 8.98. The number of hydrogen-bond acceptors (Lipinski definition) is 4. The first kappa shape index (κ1) is 17.1. The van der Waals surface area contributed by atoms with Gasteiger partial charge in [0.2, 0.25) is 0 Å². The first-order chi connectivity index (χ1) is 13.1. The van der Waals surface area contributed by atoms with Crippen LogP contribution >= 0.6 is 0 Å². The van der Waals surface area contributed by atoms with E-state index in [1.165, 1.54) is 11.1 Å². The standard InChI is InChI=1S/C22H20N4O/c1-15-5-8-17(9-6-15)10-12-21(27)18-11-7-16(2)20(14-18)26-22-19(24-25-26)4-3-13-23-22/h3-9,11,13-14H,10,12H2,1-2H3. The topological polar surface area (TPSA) is 60.7 Å². The van der Waals surface area contributed by atoms with Gasteiger partial charge in [0.15, 0.2) is 11.4 Å². The summed E-state index contributed by atoms with van der Waals surface area (Å²) in [4.78, 5) is 17.1. The highest BCUT2D eigenvalue weighted by Gasteiger charge is 2.13. The van der Waals surface area contributed by atoms with Crippen molar-refractivity contribution in [3.8, 4) is 5.69 Å². The van der Waals surface area contributed by atoms with E-state index in [4.69, 9.17) is 0 Å². The molecule has 0 unspecified atom stereocenters. The van der Waals surface area contributed by atoms with Crippen LogP contribution in [0, 0.1) is 13.8 Å². The van der Waals surface area contributed by atoms with Crippen LogP contribution in [0.5, 0.6) is 0 Å². The summed E-state index contributed by atoms with van der Waals surface area (Å²) >= 11 is 0. The molecule has 5 nitrogen and oxygen atoms in total. The molecule has 0 saturated carbocycles. The molecule has 134 valence electrons. The lowest BCUT2D eigenvalue weighted by Crippen LogP contribution is -2.06. The van der Waals surface area contributed by atoms with Crippen molar-refractivity contribution in [2.75, 3.05) is 0 Å². The van der Waals surface area contributed by atoms with Crippen molar-refractivity contribution < 1.29 is 4.79 Å². The third-order valence-electron chi connectivity index (χ3n) is 4.73. The quantitative estimate of drug-likeness (QED) is 0.502. The fourth-order valence-corrected chi connectivity index (χ4v) is 3.10. The molecule has 0 aliphatic rings. The van der Waals surface area contributed by atoms with Gasteiger partial charge in [0.05, 0.1) is 5.69 Å². The third-order valence-corrected chi connectivity index (χ3v) is 4.73. The van der Waals surface area contributed by atoms with Gasteiger partial charge in [0, 0.05) is 18.2 Å². The number of rotatable bonds is 5. The highest BCUT2D eigenvalue weighted by Crippen LogP contribution is 2.20. The molecule has 4 rings (SSSR count). The molecule has 0 bridgehead atoms. The second kappa shape index (κ2) is 7.11. The van der Waals surface area contributed by atoms with Gasteiger partial charge in [-0.05, 0) is 49.6 Å². The molecular formula is C22H20N4O. The number of carbonyl (C=O) groups excluding carboxylic acids is 1. The van der Waals surface area contributed by atoms with Crippen LogP contribution in [0.1, 0.15) is 33.5 Å². The number of hydrogen-bond donors (Lipinski definition) is 0. The van der Waals surface area contributed by atoms with E-state index in [1.54, 1.807) is 10.9 Å². The molecule has 5 heteroatoms. The highest BCUT2D eigenvalue weighted by atomic mass is 16.1. The average molecular weight is 356 g/mol. The highest BCUT2D eigenvalue weighted by molar-refractivity contribution is 5.97. The van der Waals surface area contributed by atoms with E-state index in [-0.39, 0.29) is 5.78 Å². The zero-order chi connectivity index (χ0) is 18.8. The SMILES string of the molecule is Cc1ccc(CCC(=O)c2ccc(C)c(-n3nnc4cccnc43)c2)cc1. The van der Waals surface area contributed by atoms with E-state index in [2.05, 4.69) is 46.5 Å². The number of aryl methyl sites for hydroxylation is 3. The van der Waals surface area contributed by atoms with Crippen LogP contribution in [0.15, 0.2) is 60.8 Å². The lowest BCUT2D eigenvalue weighted by atomic mass is 10.0. The minimum absolute atomic E-state index is 0.120. The summed E-state index contributed by atoms with van der Waals surface area (Å²) in [7, 11) is 0. The van der Waals surface area contributed by atoms with Crippen molar-refractivity contribution in [2.45, 2.75) is 26.7 Å². The van der Waals surface area contributed by atoms with Crippen LogP contribution in [0.3, 0.4) is 0 Å². The lowest BCUT2D eigenvalue weighted by Gasteiger charge is -2.09. The smallest absolute Gasteiger partial charge is 0.183 e. The van der Waals surface area contributed by atoms with Crippen LogP contribution in [-0.4, -0.2) is 25.8 Å². The number of ketones is 1. The number of aromatic nitrogens is 4. The summed E-state index contributed by atoms with van der Waals surface area (Å²) in [6, 6.07) is 17.7. The summed E-state index contributed by atoms with van der Waals surface area (Å²) in [5.41, 5.74) is 6.34. The van der Waals surface area contributed by atoms with Crippen molar-refractivity contribution in [3.63, 3.8) is 0 Å². The van der Waals surface area contributed by atoms with Crippen molar-refractivity contribution in [2.24, 2.45) is 0 Å². The van der Waals surface area contributed by atoms with Crippen LogP contribution in [0.4, 0.5) is 0 Å². The fraction of sp³-hybridized carbons (Fsp3) is 0.182. The number of fused-ring (bicyclic) bond motifs is 1. The molecule has 0 spiro atoms. The molecule has 0 aliphatic carbocycles. The second-order valence-electron chi connectivity index (χ2n) is 6.76. The third kappa shape index (κ3) is 3.49. The molecule has 0 fully saturated rings. The van der Waals surface area contributed by atoms with E-state index in [1.807, 2.05) is 37.3 Å². The van der Waals surface area contributed by atoms with Gasteiger partial charge < -0.3 is 0 Å². The van der Waals surface area contributed by atoms with Gasteiger partial charge in [0.25, 0.3) is 0 Å². The molecule has 0 radical (unpaired) electrons. The lowest BCUT2D eigenvalue weighted by molar-refractivity contribution is 0.0983. The molecule has 0 atom stereocenters. The van der Waals surface area contributed by atoms with E-state index in [0.29, 0.717) is 17.6 Å². The predicted molar refractivity (Wildman–Crippen MR) is 105 cm³/mol. The predicted octanol–water partition coefficient (Wildman–Crippen LogP) is 4.25. The largest absolute Gasteiger partial charge is 0.294 e. The zero-order valence-electron chi connectivity index (χ0n) is 15.4.